The highest BCUT2D eigenvalue weighted by atomic mass is 16.5. The van der Waals surface area contributed by atoms with Gasteiger partial charge in [0, 0.05) is 6.20 Å². The Bertz CT molecular complexity index is 523. The highest BCUT2D eigenvalue weighted by Crippen LogP contribution is 2.26. The number of anilines is 1. The summed E-state index contributed by atoms with van der Waals surface area (Å²) in [6, 6.07) is 9.80. The van der Waals surface area contributed by atoms with Gasteiger partial charge in [-0.3, -0.25) is 0 Å². The summed E-state index contributed by atoms with van der Waals surface area (Å²) in [5.41, 5.74) is 8.67. The van der Waals surface area contributed by atoms with Crippen molar-refractivity contribution < 1.29 is 4.74 Å². The number of hydrogen-bond donors (Lipinski definition) is 1. The number of aromatic nitrogens is 1. The highest BCUT2D eigenvalue weighted by Gasteiger charge is 2.04. The van der Waals surface area contributed by atoms with Gasteiger partial charge in [-0.05, 0) is 42.7 Å². The van der Waals surface area contributed by atoms with E-state index in [1.54, 1.807) is 6.20 Å². The van der Waals surface area contributed by atoms with Crippen LogP contribution < -0.4 is 10.5 Å². The molecule has 0 radical (unpaired) electrons. The second-order valence-electron chi connectivity index (χ2n) is 4.01. The van der Waals surface area contributed by atoms with Crippen molar-refractivity contribution in [3.8, 4) is 11.6 Å². The maximum atomic E-state index is 5.85. The minimum absolute atomic E-state index is 0.462. The third-order valence-electron chi connectivity index (χ3n) is 2.54. The molecule has 0 fully saturated rings. The standard InChI is InChI=1S/C14H16N2O/c1-3-11-5-4-6-12(8-11)17-14-13(15)7-10(2)9-16-14/h4-9H,3,15H2,1-2H3. The summed E-state index contributed by atoms with van der Waals surface area (Å²) in [5.74, 6) is 1.23. The molecule has 17 heavy (non-hydrogen) atoms. The average molecular weight is 228 g/mol. The molecule has 0 aliphatic rings. The van der Waals surface area contributed by atoms with Gasteiger partial charge in [0.25, 0.3) is 0 Å². The topological polar surface area (TPSA) is 48.1 Å². The molecule has 0 aliphatic carbocycles. The summed E-state index contributed by atoms with van der Waals surface area (Å²) < 4.78 is 5.67. The number of hydrogen-bond acceptors (Lipinski definition) is 3. The van der Waals surface area contributed by atoms with Crippen molar-refractivity contribution in [1.82, 2.24) is 4.98 Å². The molecule has 0 saturated heterocycles. The van der Waals surface area contributed by atoms with Crippen molar-refractivity contribution in [2.45, 2.75) is 20.3 Å². The fourth-order valence-corrected chi connectivity index (χ4v) is 1.61. The Hall–Kier alpha value is -2.03. The zero-order valence-electron chi connectivity index (χ0n) is 10.1. The molecule has 2 rings (SSSR count). The summed E-state index contributed by atoms with van der Waals surface area (Å²) in [7, 11) is 0. The van der Waals surface area contributed by atoms with Gasteiger partial charge in [-0.25, -0.2) is 4.98 Å². The second kappa shape index (κ2) is 4.87. The normalized spacial score (nSPS) is 10.2. The number of nitrogens with two attached hydrogens (primary N) is 1. The van der Waals surface area contributed by atoms with E-state index in [2.05, 4.69) is 18.0 Å². The Labute approximate surface area is 101 Å². The number of rotatable bonds is 3. The first kappa shape index (κ1) is 11.5. The summed E-state index contributed by atoms with van der Waals surface area (Å²) in [5, 5.41) is 0. The van der Waals surface area contributed by atoms with Crippen LogP contribution in [0, 0.1) is 6.92 Å². The molecular weight excluding hydrogens is 212 g/mol. The summed E-state index contributed by atoms with van der Waals surface area (Å²) in [6.07, 6.45) is 2.73. The van der Waals surface area contributed by atoms with Crippen LogP contribution in [0.2, 0.25) is 0 Å². The zero-order chi connectivity index (χ0) is 12.3. The maximum Gasteiger partial charge on any atom is 0.242 e. The molecule has 1 heterocycles. The van der Waals surface area contributed by atoms with Crippen LogP contribution in [-0.4, -0.2) is 4.98 Å². The summed E-state index contributed by atoms with van der Waals surface area (Å²) in [4.78, 5) is 4.18. The van der Waals surface area contributed by atoms with Gasteiger partial charge in [0.1, 0.15) is 5.75 Å². The molecule has 88 valence electrons. The molecule has 3 nitrogen and oxygen atoms in total. The molecule has 1 aromatic heterocycles. The van der Waals surface area contributed by atoms with Crippen molar-refractivity contribution in [3.05, 3.63) is 47.7 Å². The largest absolute Gasteiger partial charge is 0.437 e. The Balaban J connectivity index is 2.25. The Morgan fingerprint density at radius 3 is 2.82 bits per heavy atom. The second-order valence-corrected chi connectivity index (χ2v) is 4.01. The number of nitrogen functional groups attached to an aromatic ring is 1. The highest BCUT2D eigenvalue weighted by molar-refractivity contribution is 5.50. The third kappa shape index (κ3) is 2.75. The average Bonchev–Trinajstić information content (AvgIpc) is 2.33. The third-order valence-corrected chi connectivity index (χ3v) is 2.54. The van der Waals surface area contributed by atoms with Crippen LogP contribution in [0.3, 0.4) is 0 Å². The Kier molecular flexibility index (Phi) is 3.28. The van der Waals surface area contributed by atoms with Gasteiger partial charge in [0.15, 0.2) is 0 Å². The number of benzene rings is 1. The van der Waals surface area contributed by atoms with Crippen LogP contribution in [0.4, 0.5) is 5.69 Å². The number of nitrogens with zero attached hydrogens (tertiary/aromatic N) is 1. The summed E-state index contributed by atoms with van der Waals surface area (Å²) in [6.45, 7) is 4.06. The van der Waals surface area contributed by atoms with Crippen molar-refractivity contribution in [1.29, 1.82) is 0 Å². The van der Waals surface area contributed by atoms with Crippen LogP contribution in [-0.2, 0) is 6.42 Å². The molecule has 0 spiro atoms. The fourth-order valence-electron chi connectivity index (χ4n) is 1.61. The van der Waals surface area contributed by atoms with E-state index in [9.17, 15) is 0 Å². The smallest absolute Gasteiger partial charge is 0.242 e. The van der Waals surface area contributed by atoms with E-state index in [-0.39, 0.29) is 0 Å². The van der Waals surface area contributed by atoms with E-state index in [1.807, 2.05) is 31.2 Å². The molecule has 3 heteroatoms. The van der Waals surface area contributed by atoms with Crippen LogP contribution in [0.15, 0.2) is 36.5 Å². The maximum absolute atomic E-state index is 5.85. The van der Waals surface area contributed by atoms with Crippen LogP contribution in [0.25, 0.3) is 0 Å². The van der Waals surface area contributed by atoms with E-state index < -0.39 is 0 Å². The van der Waals surface area contributed by atoms with Gasteiger partial charge in [-0.2, -0.15) is 0 Å². The number of aryl methyl sites for hydroxylation is 2. The minimum atomic E-state index is 0.462. The van der Waals surface area contributed by atoms with E-state index in [1.165, 1.54) is 5.56 Å². The van der Waals surface area contributed by atoms with Crippen LogP contribution in [0.5, 0.6) is 11.6 Å². The molecule has 0 atom stereocenters. The fraction of sp³-hybridized carbons (Fsp3) is 0.214. The molecular formula is C14H16N2O. The van der Waals surface area contributed by atoms with E-state index >= 15 is 0 Å². The van der Waals surface area contributed by atoms with E-state index in [4.69, 9.17) is 10.5 Å². The predicted molar refractivity (Wildman–Crippen MR) is 69.3 cm³/mol. The van der Waals surface area contributed by atoms with Crippen molar-refractivity contribution in [2.75, 3.05) is 5.73 Å². The van der Waals surface area contributed by atoms with Crippen molar-refractivity contribution >= 4 is 5.69 Å². The molecule has 0 bridgehead atoms. The van der Waals surface area contributed by atoms with Gasteiger partial charge < -0.3 is 10.5 Å². The first-order chi connectivity index (χ1) is 8.19. The minimum Gasteiger partial charge on any atom is -0.437 e. The predicted octanol–water partition coefficient (Wildman–Crippen LogP) is 3.33. The molecule has 2 aromatic rings. The van der Waals surface area contributed by atoms with Gasteiger partial charge in [-0.15, -0.1) is 0 Å². The SMILES string of the molecule is CCc1cccc(Oc2ncc(C)cc2N)c1. The lowest BCUT2D eigenvalue weighted by Gasteiger charge is -2.08. The molecule has 2 N–H and O–H groups in total. The molecule has 0 aliphatic heterocycles. The van der Waals surface area contributed by atoms with Gasteiger partial charge in [-0.1, -0.05) is 19.1 Å². The number of ether oxygens (including phenoxy) is 1. The first-order valence-corrected chi connectivity index (χ1v) is 5.68. The first-order valence-electron chi connectivity index (χ1n) is 5.68. The van der Waals surface area contributed by atoms with E-state index in [0.29, 0.717) is 11.6 Å². The lowest BCUT2D eigenvalue weighted by atomic mass is 10.2. The van der Waals surface area contributed by atoms with Crippen molar-refractivity contribution in [2.24, 2.45) is 0 Å². The Morgan fingerprint density at radius 2 is 2.12 bits per heavy atom. The van der Waals surface area contributed by atoms with E-state index in [0.717, 1.165) is 17.7 Å². The van der Waals surface area contributed by atoms with Gasteiger partial charge in [0.05, 0.1) is 5.69 Å². The van der Waals surface area contributed by atoms with Gasteiger partial charge >= 0.3 is 0 Å². The molecule has 0 saturated carbocycles. The van der Waals surface area contributed by atoms with Crippen LogP contribution >= 0.6 is 0 Å². The zero-order valence-corrected chi connectivity index (χ0v) is 10.1. The van der Waals surface area contributed by atoms with Crippen molar-refractivity contribution in [3.63, 3.8) is 0 Å². The Morgan fingerprint density at radius 1 is 1.29 bits per heavy atom. The lowest BCUT2D eigenvalue weighted by Crippen LogP contribution is -1.96. The lowest BCUT2D eigenvalue weighted by molar-refractivity contribution is 0.465. The number of pyridine rings is 1. The molecule has 0 amide bonds. The molecule has 0 unspecified atom stereocenters. The molecule has 1 aromatic carbocycles. The quantitative estimate of drug-likeness (QED) is 0.876. The summed E-state index contributed by atoms with van der Waals surface area (Å²) >= 11 is 0. The monoisotopic (exact) mass is 228 g/mol. The van der Waals surface area contributed by atoms with Crippen LogP contribution in [0.1, 0.15) is 18.1 Å². The van der Waals surface area contributed by atoms with Gasteiger partial charge in [0.2, 0.25) is 5.88 Å².